The predicted molar refractivity (Wildman–Crippen MR) is 252 cm³/mol. The Morgan fingerprint density at radius 1 is 0.345 bits per heavy atom. The first-order valence-electron chi connectivity index (χ1n) is 20.0. The highest BCUT2D eigenvalue weighted by Crippen LogP contribution is 2.49. The predicted octanol–water partition coefficient (Wildman–Crippen LogP) is 16.3. The first-order chi connectivity index (χ1) is 28.7. The van der Waals surface area contributed by atoms with Crippen molar-refractivity contribution in [1.29, 1.82) is 0 Å². The van der Waals surface area contributed by atoms with Gasteiger partial charge in [-0.05, 0) is 132 Å². The van der Waals surface area contributed by atoms with Crippen LogP contribution < -0.4 is 0 Å². The zero-order valence-electron chi connectivity index (χ0n) is 32.0. The van der Waals surface area contributed by atoms with E-state index in [4.69, 9.17) is 6.58 Å². The molecule has 0 atom stereocenters. The largest absolute Gasteiger partial charge is 0.0984 e. The van der Waals surface area contributed by atoms with Gasteiger partial charge >= 0.3 is 0 Å². The average Bonchev–Trinajstić information content (AvgIpc) is 3.29. The van der Waals surface area contributed by atoms with Gasteiger partial charge in [0, 0.05) is 0 Å². The Bertz CT molecular complexity index is 3430. The Morgan fingerprint density at radius 3 is 1.50 bits per heavy atom. The summed E-state index contributed by atoms with van der Waals surface area (Å²) in [6.07, 6.45) is 1.94. The summed E-state index contributed by atoms with van der Waals surface area (Å²) >= 11 is 0. The fourth-order valence-electron chi connectivity index (χ4n) is 9.57. The molecular formula is C58H38. The first kappa shape index (κ1) is 33.8. The van der Waals surface area contributed by atoms with Crippen LogP contribution >= 0.6 is 0 Å². The molecule has 0 unspecified atom stereocenters. The molecule has 0 N–H and O–H groups in total. The number of fused-ring (bicyclic) bond motifs is 6. The molecule has 0 bridgehead atoms. The van der Waals surface area contributed by atoms with E-state index < -0.39 is 0 Å². The van der Waals surface area contributed by atoms with Gasteiger partial charge in [0.15, 0.2) is 0 Å². The van der Waals surface area contributed by atoms with Crippen LogP contribution in [0.1, 0.15) is 16.7 Å². The van der Waals surface area contributed by atoms with Crippen molar-refractivity contribution in [3.05, 3.63) is 230 Å². The summed E-state index contributed by atoms with van der Waals surface area (Å²) in [6.45, 7) is 9.07. The van der Waals surface area contributed by atoms with Crippen molar-refractivity contribution < 1.29 is 0 Å². The summed E-state index contributed by atoms with van der Waals surface area (Å²) in [4.78, 5) is 0. The quantitative estimate of drug-likeness (QED) is 0.149. The molecule has 0 saturated carbocycles. The van der Waals surface area contributed by atoms with Gasteiger partial charge in [0.1, 0.15) is 0 Å². The fourth-order valence-corrected chi connectivity index (χ4v) is 9.57. The van der Waals surface area contributed by atoms with Crippen LogP contribution in [0.15, 0.2) is 213 Å². The Morgan fingerprint density at radius 2 is 0.828 bits per heavy atom. The van der Waals surface area contributed by atoms with Crippen molar-refractivity contribution in [1.82, 2.24) is 0 Å². The molecule has 0 radical (unpaired) electrons. The van der Waals surface area contributed by atoms with E-state index in [-0.39, 0.29) is 0 Å². The molecule has 0 heterocycles. The Labute approximate surface area is 338 Å². The molecule has 0 aliphatic carbocycles. The van der Waals surface area contributed by atoms with Crippen LogP contribution in [0.25, 0.3) is 110 Å². The second-order valence-corrected chi connectivity index (χ2v) is 15.3. The molecule has 270 valence electrons. The van der Waals surface area contributed by atoms with Crippen LogP contribution in [0.5, 0.6) is 0 Å². The Kier molecular flexibility index (Phi) is 7.91. The van der Waals surface area contributed by atoms with Gasteiger partial charge in [-0.2, -0.15) is 0 Å². The summed E-state index contributed by atoms with van der Waals surface area (Å²) in [7, 11) is 0. The maximum atomic E-state index is 4.88. The number of hydrogen-bond donors (Lipinski definition) is 0. The lowest BCUT2D eigenvalue weighted by molar-refractivity contribution is 1.57. The average molecular weight is 735 g/mol. The molecule has 11 aromatic rings. The molecule has 0 spiro atoms. The fraction of sp³-hybridized carbons (Fsp3) is 0. The third-order valence-electron chi connectivity index (χ3n) is 12.1. The molecule has 0 aliphatic heterocycles. The molecule has 11 rings (SSSR count). The molecule has 0 amide bonds. The molecule has 0 nitrogen and oxygen atoms in total. The number of hydrogen-bond acceptors (Lipinski definition) is 0. The molecule has 0 aromatic heterocycles. The van der Waals surface area contributed by atoms with Crippen molar-refractivity contribution in [3.8, 4) is 33.4 Å². The topological polar surface area (TPSA) is 0 Å². The summed E-state index contributed by atoms with van der Waals surface area (Å²) in [5.41, 5.74) is 11.7. The summed E-state index contributed by atoms with van der Waals surface area (Å²) in [5.74, 6) is 0. The van der Waals surface area contributed by atoms with Gasteiger partial charge in [0.25, 0.3) is 0 Å². The molecule has 58 heavy (non-hydrogen) atoms. The van der Waals surface area contributed by atoms with Crippen LogP contribution in [0.4, 0.5) is 0 Å². The third-order valence-corrected chi connectivity index (χ3v) is 12.1. The number of rotatable bonds is 6. The van der Waals surface area contributed by atoms with Gasteiger partial charge in [0.2, 0.25) is 0 Å². The van der Waals surface area contributed by atoms with Crippen LogP contribution in [-0.4, -0.2) is 0 Å². The van der Waals surface area contributed by atoms with Gasteiger partial charge in [-0.25, -0.2) is 0 Å². The maximum absolute atomic E-state index is 4.88. The standard InChI is InChI=1S/C58H38/c1-3-38-17-6-8-22-44(38)37(2)55-47-24-10-15-29-52(47)58(46-30-16-21-40-19-7-9-23-45(40)46)53-34-33-43(36-54(53)55)57-50-27-13-11-25-48(50)56(49-26-12-14-28-51(49)57)42-32-31-39-18-4-5-20-41(39)35-42/h3-36H,1-2H2. The highest BCUT2D eigenvalue weighted by molar-refractivity contribution is 6.25. The smallest absolute Gasteiger partial charge is 0.00201 e. The maximum Gasteiger partial charge on any atom is -0.00201 e. The SMILES string of the molecule is C=Cc1ccccc1C(=C)c1c2ccccc2c(-c2cccc3ccccc23)c2ccc(-c3c4ccccc4c(-c4ccc5ccccc5c4)c4ccccc34)cc12. The van der Waals surface area contributed by atoms with Gasteiger partial charge in [0.05, 0.1) is 0 Å². The molecule has 0 aliphatic rings. The Hall–Kier alpha value is -7.54. The normalized spacial score (nSPS) is 11.6. The Balaban J connectivity index is 1.27. The summed E-state index contributed by atoms with van der Waals surface area (Å²) in [5, 5.41) is 14.7. The van der Waals surface area contributed by atoms with E-state index in [2.05, 4.69) is 207 Å². The highest BCUT2D eigenvalue weighted by Gasteiger charge is 2.22. The highest BCUT2D eigenvalue weighted by atomic mass is 14.3. The monoisotopic (exact) mass is 734 g/mol. The van der Waals surface area contributed by atoms with Crippen LogP contribution in [-0.2, 0) is 0 Å². The number of benzene rings is 11. The van der Waals surface area contributed by atoms with E-state index in [0.717, 1.165) is 22.3 Å². The van der Waals surface area contributed by atoms with Crippen molar-refractivity contribution in [2.75, 3.05) is 0 Å². The molecule has 0 heteroatoms. The lowest BCUT2D eigenvalue weighted by Gasteiger charge is -2.22. The van der Waals surface area contributed by atoms with Gasteiger partial charge in [-0.15, -0.1) is 0 Å². The van der Waals surface area contributed by atoms with Crippen molar-refractivity contribution >= 4 is 76.3 Å². The van der Waals surface area contributed by atoms with E-state index >= 15 is 0 Å². The van der Waals surface area contributed by atoms with Crippen LogP contribution in [0, 0.1) is 0 Å². The second-order valence-electron chi connectivity index (χ2n) is 15.3. The lowest BCUT2D eigenvalue weighted by atomic mass is 9.81. The first-order valence-corrected chi connectivity index (χ1v) is 20.0. The van der Waals surface area contributed by atoms with Crippen LogP contribution in [0.2, 0.25) is 0 Å². The zero-order chi connectivity index (χ0) is 38.7. The van der Waals surface area contributed by atoms with Crippen molar-refractivity contribution in [2.45, 2.75) is 0 Å². The molecule has 0 saturated heterocycles. The minimum Gasteiger partial charge on any atom is -0.0984 e. The summed E-state index contributed by atoms with van der Waals surface area (Å²) < 4.78 is 0. The van der Waals surface area contributed by atoms with E-state index in [0.29, 0.717) is 0 Å². The van der Waals surface area contributed by atoms with E-state index in [9.17, 15) is 0 Å². The van der Waals surface area contributed by atoms with Crippen LogP contribution in [0.3, 0.4) is 0 Å². The molecule has 0 fully saturated rings. The van der Waals surface area contributed by atoms with Gasteiger partial charge < -0.3 is 0 Å². The van der Waals surface area contributed by atoms with E-state index in [1.54, 1.807) is 0 Å². The minimum atomic E-state index is 0.986. The summed E-state index contributed by atoms with van der Waals surface area (Å²) in [6, 6.07) is 73.3. The molecular weight excluding hydrogens is 697 g/mol. The third kappa shape index (κ3) is 5.23. The van der Waals surface area contributed by atoms with E-state index in [1.165, 1.54) is 98.0 Å². The van der Waals surface area contributed by atoms with Gasteiger partial charge in [-0.3, -0.25) is 0 Å². The molecule has 11 aromatic carbocycles. The minimum absolute atomic E-state index is 0.986. The second kappa shape index (κ2) is 13.6. The lowest BCUT2D eigenvalue weighted by Crippen LogP contribution is -1.97. The van der Waals surface area contributed by atoms with Gasteiger partial charge in [-0.1, -0.05) is 207 Å². The van der Waals surface area contributed by atoms with E-state index in [1.807, 2.05) is 6.08 Å². The van der Waals surface area contributed by atoms with Crippen molar-refractivity contribution in [3.63, 3.8) is 0 Å². The zero-order valence-corrected chi connectivity index (χ0v) is 32.0. The van der Waals surface area contributed by atoms with Crippen molar-refractivity contribution in [2.24, 2.45) is 0 Å².